The minimum atomic E-state index is 0.663. The van der Waals surface area contributed by atoms with Crippen LogP contribution in [-0.2, 0) is 6.42 Å². The van der Waals surface area contributed by atoms with Gasteiger partial charge < -0.3 is 5.73 Å². The van der Waals surface area contributed by atoms with Crippen molar-refractivity contribution in [3.05, 3.63) is 63.2 Å². The Morgan fingerprint density at radius 1 is 0.889 bits per heavy atom. The first-order chi connectivity index (χ1) is 8.45. The number of nitrogens with two attached hydrogens (primary N) is 1. The molecule has 2 heteroatoms. The summed E-state index contributed by atoms with van der Waals surface area (Å²) in [5.74, 6) is 0. The smallest absolute Gasteiger partial charge is 0.0670 e. The van der Waals surface area contributed by atoms with Crippen LogP contribution < -0.4 is 5.73 Å². The van der Waals surface area contributed by atoms with E-state index in [2.05, 4.69) is 38.1 Å². The van der Waals surface area contributed by atoms with E-state index in [1.165, 1.54) is 16.7 Å². The fourth-order valence-electron chi connectivity index (χ4n) is 2.39. The van der Waals surface area contributed by atoms with Gasteiger partial charge in [0.2, 0.25) is 0 Å². The first-order valence-electron chi connectivity index (χ1n) is 6.07. The highest BCUT2D eigenvalue weighted by molar-refractivity contribution is 6.33. The standard InChI is InChI=1S/C16H18ClN/c1-10-4-11(2)6-13(5-10)9-14-7-12(3)8-15(18)16(14)17/h4-8H,9,18H2,1-3H3. The molecule has 2 aromatic carbocycles. The monoisotopic (exact) mass is 259 g/mol. The highest BCUT2D eigenvalue weighted by Crippen LogP contribution is 2.27. The molecule has 2 aromatic rings. The molecule has 0 heterocycles. The van der Waals surface area contributed by atoms with E-state index in [1.807, 2.05) is 13.0 Å². The van der Waals surface area contributed by atoms with Gasteiger partial charge in [0.1, 0.15) is 0 Å². The molecule has 0 fully saturated rings. The van der Waals surface area contributed by atoms with Gasteiger partial charge in [0.15, 0.2) is 0 Å². The maximum absolute atomic E-state index is 6.27. The van der Waals surface area contributed by atoms with Gasteiger partial charge in [-0.05, 0) is 49.9 Å². The van der Waals surface area contributed by atoms with E-state index in [0.717, 1.165) is 17.5 Å². The molecule has 0 atom stereocenters. The number of halogens is 1. The van der Waals surface area contributed by atoms with E-state index in [0.29, 0.717) is 10.7 Å². The molecular formula is C16H18ClN. The normalized spacial score (nSPS) is 10.7. The Hall–Kier alpha value is -1.47. The second-order valence-corrected chi connectivity index (χ2v) is 5.38. The van der Waals surface area contributed by atoms with Gasteiger partial charge in [-0.1, -0.05) is 47.0 Å². The molecule has 0 spiro atoms. The molecule has 0 aliphatic heterocycles. The molecule has 0 amide bonds. The van der Waals surface area contributed by atoms with Crippen molar-refractivity contribution < 1.29 is 0 Å². The van der Waals surface area contributed by atoms with Crippen molar-refractivity contribution in [1.82, 2.24) is 0 Å². The molecule has 94 valence electrons. The molecule has 0 aliphatic carbocycles. The van der Waals surface area contributed by atoms with E-state index in [1.54, 1.807) is 0 Å². The quantitative estimate of drug-likeness (QED) is 0.793. The van der Waals surface area contributed by atoms with Crippen LogP contribution in [0.5, 0.6) is 0 Å². The topological polar surface area (TPSA) is 26.0 Å². The maximum atomic E-state index is 6.27. The molecule has 0 saturated heterocycles. The van der Waals surface area contributed by atoms with Gasteiger partial charge in [-0.2, -0.15) is 0 Å². The highest BCUT2D eigenvalue weighted by atomic mass is 35.5. The summed E-state index contributed by atoms with van der Waals surface area (Å²) in [6.45, 7) is 6.27. The third-order valence-corrected chi connectivity index (χ3v) is 3.46. The second kappa shape index (κ2) is 5.03. The van der Waals surface area contributed by atoms with Crippen molar-refractivity contribution in [2.45, 2.75) is 27.2 Å². The van der Waals surface area contributed by atoms with Crippen molar-refractivity contribution in [3.63, 3.8) is 0 Å². The van der Waals surface area contributed by atoms with E-state index in [9.17, 15) is 0 Å². The van der Waals surface area contributed by atoms with Gasteiger partial charge >= 0.3 is 0 Å². The number of hydrogen-bond donors (Lipinski definition) is 1. The van der Waals surface area contributed by atoms with Gasteiger partial charge in [-0.25, -0.2) is 0 Å². The Morgan fingerprint density at radius 3 is 2.06 bits per heavy atom. The summed E-state index contributed by atoms with van der Waals surface area (Å²) >= 11 is 6.27. The number of anilines is 1. The van der Waals surface area contributed by atoms with Gasteiger partial charge in [-0.15, -0.1) is 0 Å². The fourth-order valence-corrected chi connectivity index (χ4v) is 2.57. The van der Waals surface area contributed by atoms with Crippen LogP contribution in [0.2, 0.25) is 5.02 Å². The summed E-state index contributed by atoms with van der Waals surface area (Å²) in [4.78, 5) is 0. The lowest BCUT2D eigenvalue weighted by atomic mass is 9.99. The Bertz CT molecular complexity index is 568. The molecular weight excluding hydrogens is 242 g/mol. The van der Waals surface area contributed by atoms with Crippen LogP contribution in [-0.4, -0.2) is 0 Å². The highest BCUT2D eigenvalue weighted by Gasteiger charge is 2.07. The average molecular weight is 260 g/mol. The number of aryl methyl sites for hydroxylation is 3. The lowest BCUT2D eigenvalue weighted by Crippen LogP contribution is -1.96. The van der Waals surface area contributed by atoms with Gasteiger partial charge in [0.25, 0.3) is 0 Å². The van der Waals surface area contributed by atoms with Crippen LogP contribution in [0.25, 0.3) is 0 Å². The van der Waals surface area contributed by atoms with E-state index >= 15 is 0 Å². The van der Waals surface area contributed by atoms with E-state index in [4.69, 9.17) is 17.3 Å². The summed E-state index contributed by atoms with van der Waals surface area (Å²) in [7, 11) is 0. The zero-order chi connectivity index (χ0) is 13.3. The van der Waals surface area contributed by atoms with E-state index in [-0.39, 0.29) is 0 Å². The van der Waals surface area contributed by atoms with Crippen molar-refractivity contribution >= 4 is 17.3 Å². The number of rotatable bonds is 2. The first kappa shape index (κ1) is 13.0. The molecule has 1 nitrogen and oxygen atoms in total. The SMILES string of the molecule is Cc1cc(C)cc(Cc2cc(C)cc(N)c2Cl)c1. The molecule has 0 saturated carbocycles. The Morgan fingerprint density at radius 2 is 1.44 bits per heavy atom. The summed E-state index contributed by atoms with van der Waals surface area (Å²) in [6.07, 6.45) is 0.827. The average Bonchev–Trinajstić information content (AvgIpc) is 2.23. The van der Waals surface area contributed by atoms with Crippen LogP contribution in [0.3, 0.4) is 0 Å². The molecule has 2 rings (SSSR count). The summed E-state index contributed by atoms with van der Waals surface area (Å²) in [5, 5.41) is 0.680. The van der Waals surface area contributed by atoms with Crippen molar-refractivity contribution in [2.75, 3.05) is 5.73 Å². The third kappa shape index (κ3) is 2.85. The molecule has 18 heavy (non-hydrogen) atoms. The zero-order valence-corrected chi connectivity index (χ0v) is 11.8. The predicted molar refractivity (Wildman–Crippen MR) is 79.3 cm³/mol. The summed E-state index contributed by atoms with van der Waals surface area (Å²) in [5.41, 5.74) is 12.6. The lowest BCUT2D eigenvalue weighted by molar-refractivity contribution is 1.16. The van der Waals surface area contributed by atoms with Crippen molar-refractivity contribution in [2.24, 2.45) is 0 Å². The maximum Gasteiger partial charge on any atom is 0.0670 e. The van der Waals surface area contributed by atoms with Gasteiger partial charge in [0.05, 0.1) is 10.7 Å². The van der Waals surface area contributed by atoms with Crippen LogP contribution in [0.1, 0.15) is 27.8 Å². The lowest BCUT2D eigenvalue weighted by Gasteiger charge is -2.10. The van der Waals surface area contributed by atoms with E-state index < -0.39 is 0 Å². The molecule has 0 radical (unpaired) electrons. The minimum Gasteiger partial charge on any atom is -0.398 e. The molecule has 0 unspecified atom stereocenters. The van der Waals surface area contributed by atoms with Crippen LogP contribution in [0.4, 0.5) is 5.69 Å². The Balaban J connectivity index is 2.39. The predicted octanol–water partition coefficient (Wildman–Crippen LogP) is 4.44. The van der Waals surface area contributed by atoms with Crippen LogP contribution in [0.15, 0.2) is 30.3 Å². The number of benzene rings is 2. The summed E-state index contributed by atoms with van der Waals surface area (Å²) in [6, 6.07) is 10.6. The van der Waals surface area contributed by atoms with Crippen molar-refractivity contribution in [3.8, 4) is 0 Å². The van der Waals surface area contributed by atoms with Crippen molar-refractivity contribution in [1.29, 1.82) is 0 Å². The summed E-state index contributed by atoms with van der Waals surface area (Å²) < 4.78 is 0. The van der Waals surface area contributed by atoms with Gasteiger partial charge in [-0.3, -0.25) is 0 Å². The second-order valence-electron chi connectivity index (χ2n) is 5.00. The van der Waals surface area contributed by atoms with Gasteiger partial charge in [0, 0.05) is 0 Å². The van der Waals surface area contributed by atoms with Crippen LogP contribution in [0, 0.1) is 20.8 Å². The molecule has 2 N–H and O–H groups in total. The Labute approximate surface area is 114 Å². The Kier molecular flexibility index (Phi) is 3.63. The number of nitrogen functional groups attached to an aromatic ring is 1. The fraction of sp³-hybridized carbons (Fsp3) is 0.250. The van der Waals surface area contributed by atoms with Crippen LogP contribution >= 0.6 is 11.6 Å². The molecule has 0 bridgehead atoms. The zero-order valence-electron chi connectivity index (χ0n) is 11.0. The number of hydrogen-bond acceptors (Lipinski definition) is 1. The largest absolute Gasteiger partial charge is 0.398 e. The third-order valence-electron chi connectivity index (χ3n) is 3.00. The molecule has 0 aliphatic rings. The minimum absolute atomic E-state index is 0.663. The first-order valence-corrected chi connectivity index (χ1v) is 6.45. The molecule has 0 aromatic heterocycles.